The minimum Gasteiger partial charge on any atom is -0.334 e. The minimum absolute atomic E-state index is 0.0641. The monoisotopic (exact) mass is 458 g/mol. The Morgan fingerprint density at radius 1 is 1.06 bits per heavy atom. The Bertz CT molecular complexity index is 1210. The molecule has 8 heteroatoms. The molecular weight excluding hydrogens is 432 g/mol. The molecule has 0 saturated heterocycles. The van der Waals surface area contributed by atoms with Gasteiger partial charge in [-0.15, -0.1) is 11.3 Å². The van der Waals surface area contributed by atoms with Gasteiger partial charge < -0.3 is 4.90 Å². The summed E-state index contributed by atoms with van der Waals surface area (Å²) in [6, 6.07) is 16.3. The Hall–Kier alpha value is -3.36. The number of rotatable bonds is 7. The highest BCUT2D eigenvalue weighted by Gasteiger charge is 2.30. The lowest BCUT2D eigenvalue weighted by atomic mass is 10.0. The van der Waals surface area contributed by atoms with E-state index in [1.807, 2.05) is 59.7 Å². The van der Waals surface area contributed by atoms with Crippen LogP contribution in [0.15, 0.2) is 65.6 Å². The van der Waals surface area contributed by atoms with Crippen LogP contribution in [0.3, 0.4) is 0 Å². The number of fused-ring (bicyclic) bond motifs is 1. The fourth-order valence-corrected chi connectivity index (χ4v) is 4.82. The van der Waals surface area contributed by atoms with Crippen molar-refractivity contribution in [1.29, 1.82) is 0 Å². The molecule has 0 unspecified atom stereocenters. The van der Waals surface area contributed by atoms with Gasteiger partial charge in [-0.2, -0.15) is 5.10 Å². The summed E-state index contributed by atoms with van der Waals surface area (Å²) in [7, 11) is 1.82. The highest BCUT2D eigenvalue weighted by molar-refractivity contribution is 7.07. The van der Waals surface area contributed by atoms with Gasteiger partial charge in [0.15, 0.2) is 5.69 Å². The molecule has 5 rings (SSSR count). The third-order valence-electron chi connectivity index (χ3n) is 5.93. The number of hydrogen-bond acceptors (Lipinski definition) is 6. The fourth-order valence-electron chi connectivity index (χ4n) is 4.27. The molecule has 1 aromatic carbocycles. The van der Waals surface area contributed by atoms with Crippen LogP contribution in [0.2, 0.25) is 0 Å². The molecule has 3 aromatic heterocycles. The molecule has 0 fully saturated rings. The molecule has 1 amide bonds. The summed E-state index contributed by atoms with van der Waals surface area (Å²) >= 11 is 1.54. The normalized spacial score (nSPS) is 13.6. The van der Waals surface area contributed by atoms with Crippen LogP contribution in [-0.4, -0.2) is 49.0 Å². The van der Waals surface area contributed by atoms with Crippen LogP contribution >= 0.6 is 11.3 Å². The Labute approximate surface area is 197 Å². The van der Waals surface area contributed by atoms with Crippen molar-refractivity contribution in [1.82, 2.24) is 29.5 Å². The topological polar surface area (TPSA) is 67.2 Å². The number of carbonyl (C=O) groups is 1. The summed E-state index contributed by atoms with van der Waals surface area (Å²) in [5.74, 6) is -0.0641. The molecule has 0 bridgehead atoms. The van der Waals surface area contributed by atoms with Gasteiger partial charge in [0.25, 0.3) is 5.91 Å². The average Bonchev–Trinajstić information content (AvgIpc) is 3.48. The van der Waals surface area contributed by atoms with E-state index in [2.05, 4.69) is 27.0 Å². The number of aromatic nitrogens is 4. The summed E-state index contributed by atoms with van der Waals surface area (Å²) < 4.78 is 2.02. The van der Waals surface area contributed by atoms with E-state index in [-0.39, 0.29) is 5.91 Å². The van der Waals surface area contributed by atoms with Gasteiger partial charge in [-0.25, -0.2) is 4.98 Å². The van der Waals surface area contributed by atoms with Crippen LogP contribution in [0, 0.1) is 0 Å². The minimum atomic E-state index is -0.0641. The van der Waals surface area contributed by atoms with E-state index < -0.39 is 0 Å². The summed E-state index contributed by atoms with van der Waals surface area (Å²) in [5, 5.41) is 6.82. The fraction of sp³-hybridized carbons (Fsp3) is 0.280. The van der Waals surface area contributed by atoms with E-state index in [4.69, 9.17) is 5.10 Å². The van der Waals surface area contributed by atoms with E-state index in [1.165, 1.54) is 16.9 Å². The zero-order chi connectivity index (χ0) is 22.6. The molecular formula is C25H26N6OS. The van der Waals surface area contributed by atoms with Crippen LogP contribution in [0.1, 0.15) is 38.7 Å². The lowest BCUT2D eigenvalue weighted by Crippen LogP contribution is -2.33. The zero-order valence-corrected chi connectivity index (χ0v) is 19.4. The van der Waals surface area contributed by atoms with Gasteiger partial charge >= 0.3 is 0 Å². The van der Waals surface area contributed by atoms with Gasteiger partial charge in [0.1, 0.15) is 0 Å². The zero-order valence-electron chi connectivity index (χ0n) is 18.6. The maximum Gasteiger partial charge on any atom is 0.274 e. The van der Waals surface area contributed by atoms with Crippen molar-refractivity contribution in [3.63, 3.8) is 0 Å². The van der Waals surface area contributed by atoms with Gasteiger partial charge in [-0.05, 0) is 17.7 Å². The van der Waals surface area contributed by atoms with Crippen LogP contribution in [0.5, 0.6) is 0 Å². The number of hydrogen-bond donors (Lipinski definition) is 0. The summed E-state index contributed by atoms with van der Waals surface area (Å²) in [4.78, 5) is 26.3. The second-order valence-electron chi connectivity index (χ2n) is 8.34. The van der Waals surface area contributed by atoms with Gasteiger partial charge in [-0.1, -0.05) is 36.4 Å². The van der Waals surface area contributed by atoms with E-state index in [9.17, 15) is 4.79 Å². The third kappa shape index (κ3) is 4.86. The number of carbonyl (C=O) groups excluding carboxylic acids is 1. The third-order valence-corrected chi connectivity index (χ3v) is 6.57. The van der Waals surface area contributed by atoms with Crippen LogP contribution in [0.4, 0.5) is 0 Å². The van der Waals surface area contributed by atoms with Crippen LogP contribution in [-0.2, 0) is 32.6 Å². The van der Waals surface area contributed by atoms with Crippen LogP contribution in [0.25, 0.3) is 0 Å². The number of amides is 1. The molecule has 0 aliphatic carbocycles. The van der Waals surface area contributed by atoms with Crippen molar-refractivity contribution < 1.29 is 4.79 Å². The largest absolute Gasteiger partial charge is 0.334 e. The average molecular weight is 459 g/mol. The van der Waals surface area contributed by atoms with Gasteiger partial charge in [-0.3, -0.25) is 19.4 Å². The van der Waals surface area contributed by atoms with E-state index in [0.29, 0.717) is 25.3 Å². The molecule has 1 aliphatic heterocycles. The number of benzene rings is 1. The van der Waals surface area contributed by atoms with Gasteiger partial charge in [0, 0.05) is 55.9 Å². The highest BCUT2D eigenvalue weighted by Crippen LogP contribution is 2.26. The Balaban J connectivity index is 1.43. The molecule has 0 atom stereocenters. The second-order valence-corrected chi connectivity index (χ2v) is 9.06. The van der Waals surface area contributed by atoms with Crippen molar-refractivity contribution >= 4 is 17.2 Å². The lowest BCUT2D eigenvalue weighted by molar-refractivity contribution is 0.0774. The first-order valence-corrected chi connectivity index (χ1v) is 12.0. The first-order valence-electron chi connectivity index (χ1n) is 11.0. The van der Waals surface area contributed by atoms with Crippen LogP contribution < -0.4 is 0 Å². The maximum absolute atomic E-state index is 13.5. The molecule has 4 aromatic rings. The van der Waals surface area contributed by atoms with E-state index in [1.54, 1.807) is 10.4 Å². The first-order chi connectivity index (χ1) is 16.2. The Kier molecular flexibility index (Phi) is 6.28. The van der Waals surface area contributed by atoms with Crippen molar-refractivity contribution in [2.24, 2.45) is 0 Å². The summed E-state index contributed by atoms with van der Waals surface area (Å²) in [5.41, 5.74) is 7.62. The summed E-state index contributed by atoms with van der Waals surface area (Å²) in [6.45, 7) is 3.48. The molecule has 33 heavy (non-hydrogen) atoms. The quantitative estimate of drug-likeness (QED) is 0.423. The van der Waals surface area contributed by atoms with Gasteiger partial charge in [0.05, 0.1) is 30.0 Å². The summed E-state index contributed by atoms with van der Waals surface area (Å²) in [6.07, 6.45) is 2.68. The lowest BCUT2D eigenvalue weighted by Gasteiger charge is -2.27. The molecule has 1 aliphatic rings. The van der Waals surface area contributed by atoms with Crippen molar-refractivity contribution in [3.05, 3.63) is 99.5 Å². The van der Waals surface area contributed by atoms with Gasteiger partial charge in [0.2, 0.25) is 0 Å². The first kappa shape index (κ1) is 21.5. The van der Waals surface area contributed by atoms with E-state index in [0.717, 1.165) is 42.2 Å². The molecule has 7 nitrogen and oxygen atoms in total. The molecule has 168 valence electrons. The standard InChI is InChI=1S/C25H26N6OS/c1-29(14-21-17-33-18-27-21)25(32)24-22-16-30(15-20-9-5-6-11-26-20)12-10-23(22)31(28-24)13-19-7-3-2-4-8-19/h2-9,11,17-18H,10,12-16H2,1H3. The second kappa shape index (κ2) is 9.64. The van der Waals surface area contributed by atoms with Crippen molar-refractivity contribution in [2.45, 2.75) is 32.6 Å². The molecule has 0 radical (unpaired) electrons. The SMILES string of the molecule is CN(Cc1cscn1)C(=O)c1nn(Cc2ccccc2)c2c1CN(Cc1ccccn1)CC2. The Morgan fingerprint density at radius 2 is 1.91 bits per heavy atom. The number of pyridine rings is 1. The molecule has 0 N–H and O–H groups in total. The van der Waals surface area contributed by atoms with Crippen molar-refractivity contribution in [3.8, 4) is 0 Å². The molecule has 4 heterocycles. The predicted octanol–water partition coefficient (Wildman–Crippen LogP) is 3.61. The number of nitrogens with zero attached hydrogens (tertiary/aromatic N) is 6. The van der Waals surface area contributed by atoms with E-state index >= 15 is 0 Å². The predicted molar refractivity (Wildman–Crippen MR) is 128 cm³/mol. The Morgan fingerprint density at radius 3 is 2.67 bits per heavy atom. The van der Waals surface area contributed by atoms with Crippen molar-refractivity contribution in [2.75, 3.05) is 13.6 Å². The number of thiazole rings is 1. The smallest absolute Gasteiger partial charge is 0.274 e. The molecule has 0 spiro atoms. The highest BCUT2D eigenvalue weighted by atomic mass is 32.1. The maximum atomic E-state index is 13.5. The molecule has 0 saturated carbocycles.